The molecule has 0 N–H and O–H groups in total. The van der Waals surface area contributed by atoms with Gasteiger partial charge in [0.1, 0.15) is 5.52 Å². The number of hydrogen-bond donors (Lipinski definition) is 0. The van der Waals surface area contributed by atoms with E-state index in [1.165, 1.54) is 61.2 Å². The average molecular weight is 628 g/mol. The van der Waals surface area contributed by atoms with Crippen molar-refractivity contribution in [1.29, 1.82) is 0 Å². The van der Waals surface area contributed by atoms with Crippen molar-refractivity contribution < 1.29 is 4.42 Å². The molecular formula is C47H33NO. The first-order valence-electron chi connectivity index (χ1n) is 17.2. The Bertz CT molecular complexity index is 2480. The van der Waals surface area contributed by atoms with Gasteiger partial charge >= 0.3 is 0 Å². The fourth-order valence-corrected chi connectivity index (χ4v) is 8.36. The monoisotopic (exact) mass is 627 g/mol. The van der Waals surface area contributed by atoms with Crippen molar-refractivity contribution in [3.63, 3.8) is 0 Å². The highest BCUT2D eigenvalue weighted by Gasteiger charge is 2.57. The molecule has 0 radical (unpaired) electrons. The van der Waals surface area contributed by atoms with Crippen LogP contribution in [0.2, 0.25) is 0 Å². The predicted octanol–water partition coefficient (Wildman–Crippen LogP) is 11.9. The Labute approximate surface area is 286 Å². The Kier molecular flexibility index (Phi) is 6.32. The Hall–Kier alpha value is -5.99. The van der Waals surface area contributed by atoms with Gasteiger partial charge in [0, 0.05) is 16.5 Å². The van der Waals surface area contributed by atoms with Crippen LogP contribution in [0.15, 0.2) is 174 Å². The lowest BCUT2D eigenvalue weighted by molar-refractivity contribution is 0.620. The number of rotatable bonds is 6. The number of hydrogen-bond acceptors (Lipinski definition) is 2. The zero-order chi connectivity index (χ0) is 32.4. The summed E-state index contributed by atoms with van der Waals surface area (Å²) in [5.41, 5.74) is 17.1. The lowest BCUT2D eigenvalue weighted by atomic mass is 9.83. The Morgan fingerprint density at radius 2 is 1.12 bits per heavy atom. The number of fused-ring (bicyclic) bond motifs is 5. The molecule has 1 aromatic heterocycles. The second-order valence-corrected chi connectivity index (χ2v) is 13.5. The molecular weight excluding hydrogens is 595 g/mol. The molecule has 0 saturated heterocycles. The van der Waals surface area contributed by atoms with E-state index >= 15 is 0 Å². The molecule has 10 rings (SSSR count). The minimum atomic E-state index is -0.0544. The first-order valence-corrected chi connectivity index (χ1v) is 17.2. The van der Waals surface area contributed by atoms with Crippen LogP contribution in [0.4, 0.5) is 0 Å². The molecule has 2 nitrogen and oxygen atoms in total. The number of aromatic nitrogens is 1. The van der Waals surface area contributed by atoms with Crippen LogP contribution in [0.3, 0.4) is 0 Å². The van der Waals surface area contributed by atoms with Crippen LogP contribution in [0.1, 0.15) is 40.2 Å². The normalized spacial score (nSPS) is 17.5. The van der Waals surface area contributed by atoms with E-state index < -0.39 is 0 Å². The SMILES string of the molecule is c1ccc(-c2nc3ccc4c(c3o2)-c2ccc(C3CC3(c3ccccc3)c3ccc(-c5ccccc5-c5ccccc5)cc3)cc2C4)cc1. The molecule has 0 bridgehead atoms. The average Bonchev–Trinajstić information content (AvgIpc) is 3.60. The molecule has 2 heteroatoms. The van der Waals surface area contributed by atoms with Gasteiger partial charge in [0.05, 0.1) is 0 Å². The van der Waals surface area contributed by atoms with E-state index in [4.69, 9.17) is 9.40 Å². The highest BCUT2D eigenvalue weighted by Crippen LogP contribution is 2.65. The largest absolute Gasteiger partial charge is 0.435 e. The van der Waals surface area contributed by atoms with E-state index in [-0.39, 0.29) is 5.41 Å². The van der Waals surface area contributed by atoms with E-state index in [0.717, 1.165) is 29.5 Å². The smallest absolute Gasteiger partial charge is 0.227 e. The molecule has 0 aliphatic heterocycles. The van der Waals surface area contributed by atoms with Crippen molar-refractivity contribution in [2.24, 2.45) is 0 Å². The van der Waals surface area contributed by atoms with Gasteiger partial charge in [0.15, 0.2) is 5.58 Å². The van der Waals surface area contributed by atoms with Gasteiger partial charge < -0.3 is 4.42 Å². The maximum Gasteiger partial charge on any atom is 0.227 e. The van der Waals surface area contributed by atoms with Crippen LogP contribution >= 0.6 is 0 Å². The zero-order valence-electron chi connectivity index (χ0n) is 27.0. The van der Waals surface area contributed by atoms with Crippen molar-refractivity contribution in [2.45, 2.75) is 24.2 Å². The Morgan fingerprint density at radius 1 is 0.510 bits per heavy atom. The van der Waals surface area contributed by atoms with E-state index in [1.54, 1.807) is 0 Å². The molecule has 2 unspecified atom stereocenters. The summed E-state index contributed by atoms with van der Waals surface area (Å²) >= 11 is 0. The fraction of sp³-hybridized carbons (Fsp3) is 0.0851. The molecule has 1 saturated carbocycles. The van der Waals surface area contributed by atoms with Crippen molar-refractivity contribution in [3.05, 3.63) is 198 Å². The molecule has 2 aliphatic carbocycles. The predicted molar refractivity (Wildman–Crippen MR) is 200 cm³/mol. The summed E-state index contributed by atoms with van der Waals surface area (Å²) in [6.45, 7) is 0. The van der Waals surface area contributed by atoms with Crippen LogP contribution in [0.5, 0.6) is 0 Å². The Balaban J connectivity index is 1.01. The van der Waals surface area contributed by atoms with E-state index in [0.29, 0.717) is 11.8 Å². The van der Waals surface area contributed by atoms with Crippen molar-refractivity contribution in [1.82, 2.24) is 4.98 Å². The third-order valence-electron chi connectivity index (χ3n) is 10.8. The fourth-order valence-electron chi connectivity index (χ4n) is 8.36. The zero-order valence-corrected chi connectivity index (χ0v) is 27.0. The summed E-state index contributed by atoms with van der Waals surface area (Å²) in [7, 11) is 0. The number of nitrogens with zero attached hydrogens (tertiary/aromatic N) is 1. The quantitative estimate of drug-likeness (QED) is 0.183. The minimum Gasteiger partial charge on any atom is -0.435 e. The van der Waals surface area contributed by atoms with E-state index in [9.17, 15) is 0 Å². The second-order valence-electron chi connectivity index (χ2n) is 13.5. The van der Waals surface area contributed by atoms with Crippen LogP contribution in [-0.2, 0) is 11.8 Å². The lowest BCUT2D eigenvalue weighted by Crippen LogP contribution is -2.12. The lowest BCUT2D eigenvalue weighted by Gasteiger charge is -2.21. The summed E-state index contributed by atoms with van der Waals surface area (Å²) in [5, 5.41) is 0. The van der Waals surface area contributed by atoms with Crippen molar-refractivity contribution in [2.75, 3.05) is 0 Å². The molecule has 0 amide bonds. The van der Waals surface area contributed by atoms with Gasteiger partial charge in [0.2, 0.25) is 5.89 Å². The second kappa shape index (κ2) is 11.0. The number of benzene rings is 7. The van der Waals surface area contributed by atoms with E-state index in [1.807, 2.05) is 18.2 Å². The molecule has 2 atom stereocenters. The molecule has 1 heterocycles. The van der Waals surface area contributed by atoms with Crippen LogP contribution < -0.4 is 0 Å². The minimum absolute atomic E-state index is 0.0544. The van der Waals surface area contributed by atoms with Gasteiger partial charge in [-0.3, -0.25) is 0 Å². The summed E-state index contributed by atoms with van der Waals surface area (Å²) < 4.78 is 6.46. The van der Waals surface area contributed by atoms with Gasteiger partial charge in [-0.1, -0.05) is 152 Å². The summed E-state index contributed by atoms with van der Waals surface area (Å²) in [6.07, 6.45) is 2.01. The highest BCUT2D eigenvalue weighted by molar-refractivity contribution is 5.97. The van der Waals surface area contributed by atoms with Gasteiger partial charge in [0.25, 0.3) is 0 Å². The number of oxazole rings is 1. The molecule has 1 fully saturated rings. The van der Waals surface area contributed by atoms with Crippen LogP contribution in [0, 0.1) is 0 Å². The first-order chi connectivity index (χ1) is 24.3. The maximum absolute atomic E-state index is 6.46. The molecule has 8 aromatic rings. The molecule has 2 aliphatic rings. The van der Waals surface area contributed by atoms with Gasteiger partial charge in [-0.05, 0) is 92.6 Å². The third kappa shape index (κ3) is 4.52. The van der Waals surface area contributed by atoms with Gasteiger partial charge in [-0.2, -0.15) is 0 Å². The molecule has 0 spiro atoms. The summed E-state index contributed by atoms with van der Waals surface area (Å²) in [6, 6.07) is 61.6. The molecule has 49 heavy (non-hydrogen) atoms. The van der Waals surface area contributed by atoms with Crippen molar-refractivity contribution in [3.8, 4) is 44.8 Å². The molecule has 7 aromatic carbocycles. The van der Waals surface area contributed by atoms with Gasteiger partial charge in [-0.25, -0.2) is 4.98 Å². The summed E-state index contributed by atoms with van der Waals surface area (Å²) in [4.78, 5) is 4.85. The maximum atomic E-state index is 6.46. The van der Waals surface area contributed by atoms with Crippen LogP contribution in [-0.4, -0.2) is 4.98 Å². The molecule has 232 valence electrons. The topological polar surface area (TPSA) is 26.0 Å². The van der Waals surface area contributed by atoms with Crippen molar-refractivity contribution >= 4 is 11.1 Å². The standard InChI is InChI=1S/C47H33NO/c1-4-12-31(13-5-1)39-18-10-11-19-40(39)32-20-24-38(25-21-32)47(37-16-8-3-9-17-37)30-42(47)34-22-26-41-36(28-34)29-35-23-27-43-45(44(35)41)49-46(48-43)33-14-6-2-7-15-33/h1-28,42H,29-30H2. The highest BCUT2D eigenvalue weighted by atomic mass is 16.3. The van der Waals surface area contributed by atoms with E-state index in [2.05, 4.69) is 152 Å². The van der Waals surface area contributed by atoms with Gasteiger partial charge in [-0.15, -0.1) is 0 Å². The summed E-state index contributed by atoms with van der Waals surface area (Å²) in [5.74, 6) is 1.08. The third-order valence-corrected chi connectivity index (χ3v) is 10.8. The first kappa shape index (κ1) is 28.1. The Morgan fingerprint density at radius 3 is 1.84 bits per heavy atom. The van der Waals surface area contributed by atoms with Crippen LogP contribution in [0.25, 0.3) is 55.9 Å².